The SMILES string of the molecule is C=CCC=C(C=CC)C(CC(=O)OC)C(C)C(=O)c1ccc(OC)cc1. The van der Waals surface area contributed by atoms with Crippen LogP contribution in [0.2, 0.25) is 0 Å². The molecule has 2 atom stereocenters. The summed E-state index contributed by atoms with van der Waals surface area (Å²) in [6.45, 7) is 7.50. The molecule has 0 N–H and O–H groups in total. The number of carbonyl (C=O) groups is 2. The largest absolute Gasteiger partial charge is 0.497 e. The van der Waals surface area contributed by atoms with E-state index < -0.39 is 0 Å². The van der Waals surface area contributed by atoms with Crippen molar-refractivity contribution in [1.29, 1.82) is 0 Å². The number of allylic oxidation sites excluding steroid dienone is 5. The van der Waals surface area contributed by atoms with Gasteiger partial charge in [-0.2, -0.15) is 0 Å². The molecule has 0 saturated heterocycles. The highest BCUT2D eigenvalue weighted by Gasteiger charge is 2.29. The number of methoxy groups -OCH3 is 2. The van der Waals surface area contributed by atoms with Gasteiger partial charge in [-0.25, -0.2) is 0 Å². The summed E-state index contributed by atoms with van der Waals surface area (Å²) >= 11 is 0. The van der Waals surface area contributed by atoms with E-state index in [1.807, 2.05) is 32.1 Å². The number of esters is 1. The standard InChI is InChI=1S/C22H28O4/c1-6-8-10-17(9-7-2)20(15-21(23)26-5)16(3)22(24)18-11-13-19(25-4)14-12-18/h6-7,9-14,16,20H,1,8,15H2,2-5H3. The Labute approximate surface area is 156 Å². The summed E-state index contributed by atoms with van der Waals surface area (Å²) in [5.41, 5.74) is 1.53. The molecule has 0 heterocycles. The van der Waals surface area contributed by atoms with Gasteiger partial charge >= 0.3 is 5.97 Å². The predicted molar refractivity (Wildman–Crippen MR) is 104 cm³/mol. The van der Waals surface area contributed by atoms with Crippen molar-refractivity contribution in [3.8, 4) is 5.75 Å². The molecule has 140 valence electrons. The van der Waals surface area contributed by atoms with E-state index in [4.69, 9.17) is 9.47 Å². The minimum Gasteiger partial charge on any atom is -0.497 e. The maximum Gasteiger partial charge on any atom is 0.306 e. The molecule has 0 aliphatic heterocycles. The summed E-state index contributed by atoms with van der Waals surface area (Å²) in [4.78, 5) is 24.9. The lowest BCUT2D eigenvalue weighted by Crippen LogP contribution is -2.25. The van der Waals surface area contributed by atoms with Gasteiger partial charge in [0.05, 0.1) is 20.6 Å². The number of hydrogen-bond donors (Lipinski definition) is 0. The Morgan fingerprint density at radius 1 is 1.19 bits per heavy atom. The second-order valence-electron chi connectivity index (χ2n) is 6.00. The molecule has 0 amide bonds. The summed E-state index contributed by atoms with van der Waals surface area (Å²) in [5, 5.41) is 0. The lowest BCUT2D eigenvalue weighted by atomic mass is 9.79. The molecule has 0 aliphatic carbocycles. The van der Waals surface area contributed by atoms with E-state index in [0.717, 1.165) is 5.57 Å². The third kappa shape index (κ3) is 6.03. The second-order valence-corrected chi connectivity index (χ2v) is 6.00. The van der Waals surface area contributed by atoms with Crippen molar-refractivity contribution in [1.82, 2.24) is 0 Å². The van der Waals surface area contributed by atoms with E-state index in [0.29, 0.717) is 17.7 Å². The lowest BCUT2D eigenvalue weighted by molar-refractivity contribution is -0.141. The number of carbonyl (C=O) groups excluding carboxylic acids is 2. The van der Waals surface area contributed by atoms with Crippen molar-refractivity contribution >= 4 is 11.8 Å². The molecular weight excluding hydrogens is 328 g/mol. The molecule has 0 aromatic heterocycles. The number of ketones is 1. The van der Waals surface area contributed by atoms with E-state index in [-0.39, 0.29) is 30.0 Å². The van der Waals surface area contributed by atoms with Gasteiger partial charge in [0.1, 0.15) is 5.75 Å². The van der Waals surface area contributed by atoms with Gasteiger partial charge < -0.3 is 9.47 Å². The zero-order valence-electron chi connectivity index (χ0n) is 16.0. The predicted octanol–water partition coefficient (Wildman–Crippen LogP) is 4.77. The van der Waals surface area contributed by atoms with Crippen molar-refractivity contribution in [3.63, 3.8) is 0 Å². The van der Waals surface area contributed by atoms with Gasteiger partial charge in [0.15, 0.2) is 5.78 Å². The van der Waals surface area contributed by atoms with Crippen LogP contribution in [-0.4, -0.2) is 26.0 Å². The van der Waals surface area contributed by atoms with Crippen LogP contribution < -0.4 is 4.74 Å². The first-order valence-electron chi connectivity index (χ1n) is 8.67. The number of ether oxygens (including phenoxy) is 2. The normalized spacial score (nSPS) is 13.9. The van der Waals surface area contributed by atoms with Crippen LogP contribution >= 0.6 is 0 Å². The molecule has 4 nitrogen and oxygen atoms in total. The number of benzene rings is 1. The summed E-state index contributed by atoms with van der Waals surface area (Å²) in [5.74, 6) is -0.308. The molecule has 0 saturated carbocycles. The zero-order valence-corrected chi connectivity index (χ0v) is 16.0. The molecule has 2 unspecified atom stereocenters. The Balaban J connectivity index is 3.18. The van der Waals surface area contributed by atoms with Crippen LogP contribution in [0.1, 0.15) is 37.0 Å². The highest BCUT2D eigenvalue weighted by molar-refractivity contribution is 5.98. The van der Waals surface area contributed by atoms with Crippen molar-refractivity contribution in [2.45, 2.75) is 26.7 Å². The Bertz CT molecular complexity index is 668. The summed E-state index contributed by atoms with van der Waals surface area (Å²) in [6.07, 6.45) is 8.44. The molecular formula is C22H28O4. The number of hydrogen-bond acceptors (Lipinski definition) is 4. The second kappa shape index (κ2) is 11.1. The van der Waals surface area contributed by atoms with Crippen LogP contribution in [0.5, 0.6) is 5.75 Å². The highest BCUT2D eigenvalue weighted by Crippen LogP contribution is 2.30. The first-order chi connectivity index (χ1) is 12.5. The molecule has 0 bridgehead atoms. The van der Waals surface area contributed by atoms with Crippen LogP contribution in [0.3, 0.4) is 0 Å². The maximum absolute atomic E-state index is 13.0. The van der Waals surface area contributed by atoms with Crippen molar-refractivity contribution in [3.05, 3.63) is 66.3 Å². The Kier molecular flexibility index (Phi) is 9.13. The third-order valence-electron chi connectivity index (χ3n) is 4.31. The molecule has 1 aromatic carbocycles. The average Bonchev–Trinajstić information content (AvgIpc) is 2.68. The molecule has 0 fully saturated rings. The fourth-order valence-corrected chi connectivity index (χ4v) is 2.80. The van der Waals surface area contributed by atoms with Crippen LogP contribution in [0.4, 0.5) is 0 Å². The van der Waals surface area contributed by atoms with Gasteiger partial charge in [0, 0.05) is 17.4 Å². The van der Waals surface area contributed by atoms with E-state index in [1.54, 1.807) is 37.5 Å². The first kappa shape index (κ1) is 21.4. The van der Waals surface area contributed by atoms with Gasteiger partial charge in [-0.3, -0.25) is 9.59 Å². The smallest absolute Gasteiger partial charge is 0.306 e. The van der Waals surface area contributed by atoms with Crippen molar-refractivity contribution in [2.24, 2.45) is 11.8 Å². The summed E-state index contributed by atoms with van der Waals surface area (Å²) in [6, 6.07) is 7.01. The van der Waals surface area contributed by atoms with Gasteiger partial charge in [-0.1, -0.05) is 31.2 Å². The zero-order chi connectivity index (χ0) is 19.5. The molecule has 0 aliphatic rings. The van der Waals surface area contributed by atoms with Gasteiger partial charge in [-0.15, -0.1) is 6.58 Å². The first-order valence-corrected chi connectivity index (χ1v) is 8.67. The van der Waals surface area contributed by atoms with Crippen LogP contribution in [0.15, 0.2) is 60.7 Å². The number of Topliss-reactive ketones (excluding diaryl/α,β-unsaturated/α-hetero) is 1. The molecule has 26 heavy (non-hydrogen) atoms. The lowest BCUT2D eigenvalue weighted by Gasteiger charge is -2.24. The molecule has 0 spiro atoms. The van der Waals surface area contributed by atoms with Crippen LogP contribution in [0.25, 0.3) is 0 Å². The van der Waals surface area contributed by atoms with E-state index in [1.165, 1.54) is 7.11 Å². The van der Waals surface area contributed by atoms with Gasteiger partial charge in [0.2, 0.25) is 0 Å². The van der Waals surface area contributed by atoms with E-state index in [2.05, 4.69) is 6.58 Å². The van der Waals surface area contributed by atoms with Gasteiger partial charge in [-0.05, 0) is 43.2 Å². The van der Waals surface area contributed by atoms with E-state index in [9.17, 15) is 9.59 Å². The topological polar surface area (TPSA) is 52.6 Å². The van der Waals surface area contributed by atoms with Crippen LogP contribution in [-0.2, 0) is 9.53 Å². The fraction of sp³-hybridized carbons (Fsp3) is 0.364. The Morgan fingerprint density at radius 2 is 1.85 bits per heavy atom. The number of rotatable bonds is 10. The van der Waals surface area contributed by atoms with Crippen molar-refractivity contribution in [2.75, 3.05) is 14.2 Å². The highest BCUT2D eigenvalue weighted by atomic mass is 16.5. The quantitative estimate of drug-likeness (QED) is 0.262. The minimum absolute atomic E-state index is 0.0180. The molecule has 0 radical (unpaired) electrons. The third-order valence-corrected chi connectivity index (χ3v) is 4.31. The van der Waals surface area contributed by atoms with E-state index >= 15 is 0 Å². The molecule has 1 rings (SSSR count). The van der Waals surface area contributed by atoms with Crippen molar-refractivity contribution < 1.29 is 19.1 Å². The summed E-state index contributed by atoms with van der Waals surface area (Å²) in [7, 11) is 2.94. The van der Waals surface area contributed by atoms with Crippen LogP contribution in [0, 0.1) is 11.8 Å². The maximum atomic E-state index is 13.0. The van der Waals surface area contributed by atoms with Gasteiger partial charge in [0.25, 0.3) is 0 Å². The Hall–Kier alpha value is -2.62. The summed E-state index contributed by atoms with van der Waals surface area (Å²) < 4.78 is 9.98. The minimum atomic E-state index is -0.380. The average molecular weight is 356 g/mol. The molecule has 4 heteroatoms. The fourth-order valence-electron chi connectivity index (χ4n) is 2.80. The monoisotopic (exact) mass is 356 g/mol. The molecule has 1 aromatic rings. The Morgan fingerprint density at radius 3 is 2.35 bits per heavy atom.